The summed E-state index contributed by atoms with van der Waals surface area (Å²) >= 11 is 0. The predicted molar refractivity (Wildman–Crippen MR) is 115 cm³/mol. The average molecular weight is 393 g/mol. The number of piperidine rings is 1. The van der Waals surface area contributed by atoms with Gasteiger partial charge in [-0.25, -0.2) is 0 Å². The van der Waals surface area contributed by atoms with Gasteiger partial charge < -0.3 is 19.9 Å². The fourth-order valence-corrected chi connectivity index (χ4v) is 4.42. The molecule has 3 N–H and O–H groups in total. The number of nitrogens with one attached hydrogen (secondary N) is 3. The molecule has 0 radical (unpaired) electrons. The lowest BCUT2D eigenvalue weighted by Crippen LogP contribution is -3.13. The fraction of sp³-hybridized carbons (Fsp3) is 0.375. The lowest BCUT2D eigenvalue weighted by atomic mass is 10.0. The third-order valence-electron chi connectivity index (χ3n) is 6.04. The van der Waals surface area contributed by atoms with Crippen LogP contribution in [0.25, 0.3) is 10.9 Å². The number of quaternary nitrogens is 1. The number of H-pyrrole nitrogens is 1. The van der Waals surface area contributed by atoms with E-state index in [0.29, 0.717) is 13.0 Å². The first-order valence-corrected chi connectivity index (χ1v) is 10.5. The van der Waals surface area contributed by atoms with Crippen LogP contribution in [0.15, 0.2) is 54.7 Å². The summed E-state index contributed by atoms with van der Waals surface area (Å²) in [4.78, 5) is 17.5. The molecule has 2 aromatic carbocycles. The fourth-order valence-electron chi connectivity index (χ4n) is 4.42. The van der Waals surface area contributed by atoms with E-state index in [9.17, 15) is 4.79 Å². The molecule has 1 fully saturated rings. The Morgan fingerprint density at radius 1 is 1.10 bits per heavy atom. The number of aromatic amines is 1. The van der Waals surface area contributed by atoms with Crippen molar-refractivity contribution in [3.8, 4) is 5.75 Å². The maximum absolute atomic E-state index is 12.7. The second-order valence-corrected chi connectivity index (χ2v) is 7.89. The second-order valence-electron chi connectivity index (χ2n) is 7.89. The molecule has 4 rings (SSSR count). The van der Waals surface area contributed by atoms with Crippen molar-refractivity contribution < 1.29 is 14.4 Å². The summed E-state index contributed by atoms with van der Waals surface area (Å²) in [5.41, 5.74) is 3.38. The van der Waals surface area contributed by atoms with Gasteiger partial charge in [-0.15, -0.1) is 0 Å². The number of fused-ring (bicyclic) bond motifs is 1. The number of ether oxygens (including phenoxy) is 1. The van der Waals surface area contributed by atoms with E-state index in [4.69, 9.17) is 4.74 Å². The maximum atomic E-state index is 12.7. The summed E-state index contributed by atoms with van der Waals surface area (Å²) in [6, 6.07) is 16.7. The molecule has 0 unspecified atom stereocenters. The zero-order valence-corrected chi connectivity index (χ0v) is 17.0. The largest absolute Gasteiger partial charge is 0.497 e. The highest BCUT2D eigenvalue weighted by Gasteiger charge is 2.26. The average Bonchev–Trinajstić information content (AvgIpc) is 3.18. The van der Waals surface area contributed by atoms with Gasteiger partial charge in [0.15, 0.2) is 0 Å². The lowest BCUT2D eigenvalue weighted by molar-refractivity contribution is -0.935. The summed E-state index contributed by atoms with van der Waals surface area (Å²) in [5.74, 6) is 0.939. The molecule has 1 aliphatic heterocycles. The standard InChI is InChI=1S/C24H29N3O2/c1-29-20-11-9-18(10-12-20)23(27-13-5-2-6-14-27)17-26-24(28)15-19-16-25-22-8-4-3-7-21(19)22/h3-4,7-12,16,23,25H,2,5-6,13-15,17H2,1H3,(H,26,28)/p+1/t23-/m0/s1. The first-order valence-electron chi connectivity index (χ1n) is 10.5. The highest BCUT2D eigenvalue weighted by Crippen LogP contribution is 2.19. The van der Waals surface area contributed by atoms with Crippen molar-refractivity contribution in [2.75, 3.05) is 26.7 Å². The van der Waals surface area contributed by atoms with Gasteiger partial charge in [0.25, 0.3) is 0 Å². The highest BCUT2D eigenvalue weighted by molar-refractivity contribution is 5.88. The number of methoxy groups -OCH3 is 1. The van der Waals surface area contributed by atoms with Crippen molar-refractivity contribution in [1.82, 2.24) is 10.3 Å². The van der Waals surface area contributed by atoms with Crippen LogP contribution in [-0.4, -0.2) is 37.6 Å². The van der Waals surface area contributed by atoms with E-state index in [1.807, 2.05) is 36.5 Å². The van der Waals surface area contributed by atoms with Gasteiger partial charge in [-0.05, 0) is 55.2 Å². The molecule has 1 amide bonds. The molecular formula is C24H30N3O2+. The monoisotopic (exact) mass is 392 g/mol. The summed E-state index contributed by atoms with van der Waals surface area (Å²) in [5, 5.41) is 4.33. The zero-order valence-electron chi connectivity index (χ0n) is 17.0. The molecule has 152 valence electrons. The number of rotatable bonds is 7. The van der Waals surface area contributed by atoms with Gasteiger partial charge in [-0.2, -0.15) is 0 Å². The van der Waals surface area contributed by atoms with Crippen molar-refractivity contribution >= 4 is 16.8 Å². The Morgan fingerprint density at radius 3 is 2.62 bits per heavy atom. The van der Waals surface area contributed by atoms with Crippen LogP contribution in [0.4, 0.5) is 0 Å². The molecule has 29 heavy (non-hydrogen) atoms. The van der Waals surface area contributed by atoms with Gasteiger partial charge in [0, 0.05) is 22.7 Å². The van der Waals surface area contributed by atoms with E-state index in [1.165, 1.54) is 24.8 Å². The van der Waals surface area contributed by atoms with Gasteiger partial charge >= 0.3 is 0 Å². The number of carbonyl (C=O) groups is 1. The molecule has 1 atom stereocenters. The minimum atomic E-state index is 0.0738. The van der Waals surface area contributed by atoms with Gasteiger partial charge in [0.05, 0.1) is 33.2 Å². The molecule has 5 nitrogen and oxygen atoms in total. The van der Waals surface area contributed by atoms with Gasteiger partial charge in [0.2, 0.25) is 5.91 Å². The van der Waals surface area contributed by atoms with Crippen molar-refractivity contribution in [2.24, 2.45) is 0 Å². The highest BCUT2D eigenvalue weighted by atomic mass is 16.5. The Morgan fingerprint density at radius 2 is 1.86 bits per heavy atom. The van der Waals surface area contributed by atoms with Crippen molar-refractivity contribution in [3.63, 3.8) is 0 Å². The lowest BCUT2D eigenvalue weighted by Gasteiger charge is -2.32. The summed E-state index contributed by atoms with van der Waals surface area (Å²) < 4.78 is 5.31. The van der Waals surface area contributed by atoms with Crippen molar-refractivity contribution in [3.05, 3.63) is 65.9 Å². The first kappa shape index (κ1) is 19.5. The van der Waals surface area contributed by atoms with Crippen LogP contribution in [0.2, 0.25) is 0 Å². The van der Waals surface area contributed by atoms with E-state index < -0.39 is 0 Å². The Bertz CT molecular complexity index is 942. The molecule has 1 aliphatic rings. The van der Waals surface area contributed by atoms with Crippen LogP contribution in [0.5, 0.6) is 5.75 Å². The number of hydrogen-bond donors (Lipinski definition) is 3. The van der Waals surface area contributed by atoms with E-state index in [2.05, 4.69) is 28.5 Å². The summed E-state index contributed by atoms with van der Waals surface area (Å²) in [6.45, 7) is 2.98. The van der Waals surface area contributed by atoms with Crippen LogP contribution in [0, 0.1) is 0 Å². The number of benzene rings is 2. The Balaban J connectivity index is 1.44. The molecule has 1 saturated heterocycles. The molecule has 0 aliphatic carbocycles. The SMILES string of the molecule is COc1ccc([C@H](CNC(=O)Cc2c[nH]c3ccccc23)[NH+]2CCCCC2)cc1. The minimum Gasteiger partial charge on any atom is -0.497 e. The summed E-state index contributed by atoms with van der Waals surface area (Å²) in [6.07, 6.45) is 6.16. The van der Waals surface area contributed by atoms with Crippen LogP contribution in [-0.2, 0) is 11.2 Å². The van der Waals surface area contributed by atoms with Crippen LogP contribution in [0.3, 0.4) is 0 Å². The van der Waals surface area contributed by atoms with E-state index in [1.54, 1.807) is 12.0 Å². The van der Waals surface area contributed by atoms with Crippen molar-refractivity contribution in [2.45, 2.75) is 31.7 Å². The number of likely N-dealkylation sites (tertiary alicyclic amines) is 1. The van der Waals surface area contributed by atoms with Crippen LogP contribution in [0.1, 0.15) is 36.4 Å². The first-order chi connectivity index (χ1) is 14.2. The van der Waals surface area contributed by atoms with Gasteiger partial charge in [-0.1, -0.05) is 18.2 Å². The molecule has 3 aromatic rings. The van der Waals surface area contributed by atoms with Gasteiger partial charge in [0.1, 0.15) is 11.8 Å². The second kappa shape index (κ2) is 9.14. The number of hydrogen-bond acceptors (Lipinski definition) is 2. The van der Waals surface area contributed by atoms with Crippen LogP contribution >= 0.6 is 0 Å². The third-order valence-corrected chi connectivity index (χ3v) is 6.04. The normalized spacial score (nSPS) is 15.9. The molecule has 2 heterocycles. The Labute approximate surface area is 172 Å². The van der Waals surface area contributed by atoms with E-state index >= 15 is 0 Å². The molecule has 0 bridgehead atoms. The third kappa shape index (κ3) is 4.62. The quantitative estimate of drug-likeness (QED) is 0.579. The number of amides is 1. The maximum Gasteiger partial charge on any atom is 0.224 e. The van der Waals surface area contributed by atoms with Crippen molar-refractivity contribution in [1.29, 1.82) is 0 Å². The summed E-state index contributed by atoms with van der Waals surface area (Å²) in [7, 11) is 1.69. The Hall–Kier alpha value is -2.79. The molecule has 0 saturated carbocycles. The molecule has 5 heteroatoms. The number of para-hydroxylation sites is 1. The number of aromatic nitrogens is 1. The predicted octanol–water partition coefficient (Wildman–Crippen LogP) is 2.65. The number of carbonyl (C=O) groups excluding carboxylic acids is 1. The van der Waals surface area contributed by atoms with Crippen LogP contribution < -0.4 is 15.0 Å². The van der Waals surface area contributed by atoms with Gasteiger partial charge in [-0.3, -0.25) is 4.79 Å². The topological polar surface area (TPSA) is 58.6 Å². The van der Waals surface area contributed by atoms with E-state index in [-0.39, 0.29) is 11.9 Å². The molecular weight excluding hydrogens is 362 g/mol. The zero-order chi connectivity index (χ0) is 20.1. The molecule has 1 aromatic heterocycles. The minimum absolute atomic E-state index is 0.0738. The smallest absolute Gasteiger partial charge is 0.224 e. The Kier molecular flexibility index (Phi) is 6.15. The molecule has 0 spiro atoms. The van der Waals surface area contributed by atoms with E-state index in [0.717, 1.165) is 35.3 Å².